The van der Waals surface area contributed by atoms with Crippen LogP contribution >= 0.6 is 36.4 Å². The van der Waals surface area contributed by atoms with Crippen LogP contribution in [0.2, 0.25) is 0 Å². The lowest BCUT2D eigenvalue weighted by Gasteiger charge is -2.17. The van der Waals surface area contributed by atoms with Crippen LogP contribution in [-0.2, 0) is 10.0 Å². The Morgan fingerprint density at radius 1 is 1.19 bits per heavy atom. The number of halogens is 3. The van der Waals surface area contributed by atoms with Crippen molar-refractivity contribution < 1.29 is 22.9 Å². The van der Waals surface area contributed by atoms with Crippen LogP contribution in [0.1, 0.15) is 22.0 Å². The Kier molecular flexibility index (Phi) is 10.3. The molecule has 1 amide bonds. The molecule has 226 valence electrons. The summed E-state index contributed by atoms with van der Waals surface area (Å²) in [6.07, 6.45) is 0. The highest BCUT2D eigenvalue weighted by molar-refractivity contribution is 7.89. The molecule has 1 aromatic heterocycles. The van der Waals surface area contributed by atoms with Crippen LogP contribution < -0.4 is 20.3 Å². The molecule has 12 nitrogen and oxygen atoms in total. The van der Waals surface area contributed by atoms with E-state index in [9.17, 15) is 23.3 Å². The van der Waals surface area contributed by atoms with Crippen LogP contribution in [0.5, 0.6) is 5.75 Å². The van der Waals surface area contributed by atoms with Crippen molar-refractivity contribution in [1.29, 1.82) is 0 Å². The van der Waals surface area contributed by atoms with Gasteiger partial charge in [-0.1, -0.05) is 6.07 Å². The van der Waals surface area contributed by atoms with Crippen molar-refractivity contribution in [2.24, 2.45) is 5.84 Å². The lowest BCUT2D eigenvalue weighted by Crippen LogP contribution is -2.30. The first-order valence-corrected chi connectivity index (χ1v) is 14.3. The number of carbonyl (C=O) groups is 1. The van der Waals surface area contributed by atoms with E-state index in [1.807, 2.05) is 37.2 Å². The number of nitro benzene ring substituents is 1. The van der Waals surface area contributed by atoms with Crippen molar-refractivity contribution in [2.45, 2.75) is 10.8 Å². The SMILES string of the molecule is CN(C)CCOc1ccc2[nH]c(C(=O)N3CC(CCl)c4c3cc([N+](=O)[O-])c3cc(S(=O)(=O)NN)ccc43)cc2c1.Cl.Cl. The molecule has 4 N–H and O–H groups in total. The number of sulfonamides is 1. The lowest BCUT2D eigenvalue weighted by molar-refractivity contribution is -0.383. The van der Waals surface area contributed by atoms with E-state index < -0.39 is 14.9 Å². The van der Waals surface area contributed by atoms with Gasteiger partial charge in [0, 0.05) is 41.9 Å². The number of nitrogens with one attached hydrogen (secondary N) is 2. The first-order chi connectivity index (χ1) is 19.0. The third-order valence-electron chi connectivity index (χ3n) is 6.93. The topological polar surface area (TPSA) is 164 Å². The first-order valence-electron chi connectivity index (χ1n) is 12.3. The molecule has 0 radical (unpaired) electrons. The average molecular weight is 660 g/mol. The van der Waals surface area contributed by atoms with Gasteiger partial charge < -0.3 is 19.5 Å². The lowest BCUT2D eigenvalue weighted by atomic mass is 9.95. The Balaban J connectivity index is 0.00000242. The smallest absolute Gasteiger partial charge is 0.279 e. The summed E-state index contributed by atoms with van der Waals surface area (Å²) in [4.78, 5) is 33.4. The average Bonchev–Trinajstić information content (AvgIpc) is 3.53. The molecule has 16 heteroatoms. The maximum absolute atomic E-state index is 13.8. The van der Waals surface area contributed by atoms with Gasteiger partial charge in [-0.3, -0.25) is 20.8 Å². The second-order valence-electron chi connectivity index (χ2n) is 9.77. The number of anilines is 1. The Labute approximate surface area is 259 Å². The molecule has 0 spiro atoms. The van der Waals surface area contributed by atoms with E-state index in [1.54, 1.807) is 10.9 Å². The molecule has 1 aliphatic rings. The summed E-state index contributed by atoms with van der Waals surface area (Å²) in [6, 6.07) is 12.5. The fraction of sp³-hybridized carbons (Fsp3) is 0.269. The van der Waals surface area contributed by atoms with E-state index in [1.165, 1.54) is 29.2 Å². The van der Waals surface area contributed by atoms with Gasteiger partial charge in [-0.2, -0.15) is 4.83 Å². The summed E-state index contributed by atoms with van der Waals surface area (Å²) in [7, 11) is -0.134. The molecule has 0 saturated carbocycles. The minimum atomic E-state index is -4.05. The number of nitro groups is 1. The Bertz CT molecular complexity index is 1760. The fourth-order valence-electron chi connectivity index (χ4n) is 4.97. The van der Waals surface area contributed by atoms with Gasteiger partial charge in [0.25, 0.3) is 21.6 Å². The third-order valence-corrected chi connectivity index (χ3v) is 8.49. The van der Waals surface area contributed by atoms with E-state index in [4.69, 9.17) is 22.2 Å². The van der Waals surface area contributed by atoms with Crippen molar-refractivity contribution >= 4 is 85.4 Å². The van der Waals surface area contributed by atoms with E-state index in [-0.39, 0.29) is 65.0 Å². The molecule has 0 saturated heterocycles. The number of amides is 1. The summed E-state index contributed by atoms with van der Waals surface area (Å²) in [5.41, 5.74) is 1.70. The number of hydrogen-bond acceptors (Lipinski definition) is 8. The Morgan fingerprint density at radius 2 is 1.93 bits per heavy atom. The summed E-state index contributed by atoms with van der Waals surface area (Å²) in [5, 5.41) is 13.4. The number of ether oxygens (including phenoxy) is 1. The standard InChI is InChI=1S/C26H27ClN6O6S.2ClH/c1-31(2)7-8-39-17-3-6-21-15(9-17)10-22(29-21)26(34)32-14-16(13-27)25-19-5-4-18(40(37,38)30-28)11-20(19)23(33(35)36)12-24(25)32;;/h3-6,9-12,16,29-30H,7-8,13-14,28H2,1-2H3;2*1H. The van der Waals surface area contributed by atoms with Crippen molar-refractivity contribution in [3.63, 3.8) is 0 Å². The predicted octanol–water partition coefficient (Wildman–Crippen LogP) is 4.15. The van der Waals surface area contributed by atoms with Crippen LogP contribution in [-0.4, -0.2) is 68.8 Å². The van der Waals surface area contributed by atoms with Crippen molar-refractivity contribution in [3.05, 3.63) is 69.9 Å². The second kappa shape index (κ2) is 13.0. The van der Waals surface area contributed by atoms with Gasteiger partial charge in [0.1, 0.15) is 18.1 Å². The molecule has 2 heterocycles. The Morgan fingerprint density at radius 3 is 2.57 bits per heavy atom. The normalized spacial score (nSPS) is 14.5. The number of H-pyrrole nitrogens is 1. The largest absolute Gasteiger partial charge is 0.492 e. The molecule has 0 fully saturated rings. The van der Waals surface area contributed by atoms with Gasteiger partial charge in [0.05, 0.1) is 20.9 Å². The highest BCUT2D eigenvalue weighted by Gasteiger charge is 2.37. The first kappa shape index (κ1) is 33.3. The van der Waals surface area contributed by atoms with E-state index in [0.29, 0.717) is 34.7 Å². The summed E-state index contributed by atoms with van der Waals surface area (Å²) in [5.74, 6) is 5.26. The predicted molar refractivity (Wildman–Crippen MR) is 167 cm³/mol. The number of hydrogen-bond donors (Lipinski definition) is 3. The molecule has 4 aromatic rings. The van der Waals surface area contributed by atoms with Crippen molar-refractivity contribution in [2.75, 3.05) is 44.6 Å². The number of likely N-dealkylation sites (N-methyl/N-ethyl adjacent to an activating group) is 1. The zero-order chi connectivity index (χ0) is 28.8. The molecule has 1 aliphatic heterocycles. The number of benzene rings is 3. The van der Waals surface area contributed by atoms with Gasteiger partial charge >= 0.3 is 0 Å². The summed E-state index contributed by atoms with van der Waals surface area (Å²) >= 11 is 6.30. The van der Waals surface area contributed by atoms with Crippen LogP contribution in [0.25, 0.3) is 21.7 Å². The van der Waals surface area contributed by atoms with Crippen molar-refractivity contribution in [3.8, 4) is 5.75 Å². The minimum Gasteiger partial charge on any atom is -0.492 e. The summed E-state index contributed by atoms with van der Waals surface area (Å²) < 4.78 is 30.3. The number of carbonyl (C=O) groups excluding carboxylic acids is 1. The number of alkyl halides is 1. The van der Waals surface area contributed by atoms with Gasteiger partial charge in [0.15, 0.2) is 0 Å². The molecule has 42 heavy (non-hydrogen) atoms. The number of non-ortho nitro benzene ring substituents is 1. The number of fused-ring (bicyclic) bond motifs is 4. The van der Waals surface area contributed by atoms with Crippen molar-refractivity contribution in [1.82, 2.24) is 14.7 Å². The molecule has 0 aliphatic carbocycles. The van der Waals surface area contributed by atoms with Gasteiger partial charge in [-0.15, -0.1) is 36.4 Å². The quantitative estimate of drug-likeness (QED) is 0.104. The maximum Gasteiger partial charge on any atom is 0.279 e. The number of aromatic nitrogens is 1. The third kappa shape index (κ3) is 6.13. The van der Waals surface area contributed by atoms with Gasteiger partial charge in [-0.25, -0.2) is 8.42 Å². The van der Waals surface area contributed by atoms with E-state index in [2.05, 4.69) is 4.98 Å². The Hall–Kier alpha value is -3.17. The number of hydrazine groups is 1. The highest BCUT2D eigenvalue weighted by atomic mass is 35.5. The number of aromatic amines is 1. The highest BCUT2D eigenvalue weighted by Crippen LogP contribution is 2.46. The van der Waals surface area contributed by atoms with Crippen LogP contribution in [0.4, 0.5) is 11.4 Å². The van der Waals surface area contributed by atoms with Gasteiger partial charge in [0.2, 0.25) is 0 Å². The van der Waals surface area contributed by atoms with Crippen LogP contribution in [0.15, 0.2) is 53.4 Å². The molecular weight excluding hydrogens is 631 g/mol. The van der Waals surface area contributed by atoms with Crippen LogP contribution in [0.3, 0.4) is 0 Å². The monoisotopic (exact) mass is 658 g/mol. The molecule has 1 atom stereocenters. The zero-order valence-corrected chi connectivity index (χ0v) is 25.7. The fourth-order valence-corrected chi connectivity index (χ4v) is 5.88. The van der Waals surface area contributed by atoms with E-state index in [0.717, 1.165) is 17.4 Å². The molecule has 3 aromatic carbocycles. The van der Waals surface area contributed by atoms with Crippen LogP contribution in [0, 0.1) is 10.1 Å². The number of nitrogens with zero attached hydrogens (tertiary/aromatic N) is 3. The summed E-state index contributed by atoms with van der Waals surface area (Å²) in [6.45, 7) is 1.47. The number of rotatable bonds is 9. The molecular formula is C26H29Cl3N6O6S. The minimum absolute atomic E-state index is 0. The number of nitrogens with two attached hydrogens (primary N) is 1. The molecule has 5 rings (SSSR count). The van der Waals surface area contributed by atoms with E-state index >= 15 is 0 Å². The zero-order valence-electron chi connectivity index (χ0n) is 22.5. The molecule has 0 bridgehead atoms. The maximum atomic E-state index is 13.8. The van der Waals surface area contributed by atoms with Gasteiger partial charge in [-0.05, 0) is 61.4 Å². The second-order valence-corrected chi connectivity index (χ2v) is 11.8. The molecule has 1 unspecified atom stereocenters.